The summed E-state index contributed by atoms with van der Waals surface area (Å²) in [6.07, 6.45) is 0.283. The highest BCUT2D eigenvalue weighted by atomic mass is 32.1. The van der Waals surface area contributed by atoms with E-state index in [0.717, 1.165) is 4.88 Å². The monoisotopic (exact) mass is 269 g/mol. The van der Waals surface area contributed by atoms with Gasteiger partial charge in [0.15, 0.2) is 0 Å². The van der Waals surface area contributed by atoms with Gasteiger partial charge in [0.05, 0.1) is 6.61 Å². The summed E-state index contributed by atoms with van der Waals surface area (Å²) in [4.78, 5) is 14.3. The number of piperidine rings is 1. The fourth-order valence-electron chi connectivity index (χ4n) is 2.40. The fourth-order valence-corrected chi connectivity index (χ4v) is 3.36. The normalized spacial score (nSPS) is 28.2. The fraction of sp³-hybridized carbons (Fsp3) is 0.615. The Balaban J connectivity index is 2.07. The van der Waals surface area contributed by atoms with Crippen molar-refractivity contribution in [2.45, 2.75) is 25.9 Å². The van der Waals surface area contributed by atoms with Gasteiger partial charge in [0.25, 0.3) is 0 Å². The van der Waals surface area contributed by atoms with Crippen LogP contribution in [0.1, 0.15) is 25.1 Å². The number of rotatable bonds is 2. The molecule has 0 aliphatic carbocycles. The summed E-state index contributed by atoms with van der Waals surface area (Å²) in [6.45, 7) is 5.24. The number of amides is 1. The van der Waals surface area contributed by atoms with E-state index in [1.165, 1.54) is 0 Å². The maximum atomic E-state index is 11.7. The summed E-state index contributed by atoms with van der Waals surface area (Å²) in [5, 5.41) is 12.7. The average molecular weight is 269 g/mol. The Morgan fingerprint density at radius 3 is 3.06 bits per heavy atom. The Kier molecular flexibility index (Phi) is 3.92. The number of thiophene rings is 1. The van der Waals surface area contributed by atoms with Crippen LogP contribution < -0.4 is 0 Å². The molecule has 100 valence electrons. The van der Waals surface area contributed by atoms with Crippen LogP contribution in [0.3, 0.4) is 0 Å². The van der Waals surface area contributed by atoms with Crippen LogP contribution in [0.5, 0.6) is 0 Å². The number of carbonyl (C=O) groups excluding carboxylic acids is 1. The molecule has 5 heteroatoms. The van der Waals surface area contributed by atoms with Crippen LogP contribution >= 0.6 is 11.3 Å². The van der Waals surface area contributed by atoms with Gasteiger partial charge in [-0.3, -0.25) is 0 Å². The summed E-state index contributed by atoms with van der Waals surface area (Å²) in [5.41, 5.74) is -0.808. The molecule has 4 nitrogen and oxygen atoms in total. The molecule has 2 atom stereocenters. The second kappa shape index (κ2) is 5.28. The van der Waals surface area contributed by atoms with E-state index in [0.29, 0.717) is 26.1 Å². The van der Waals surface area contributed by atoms with Crippen molar-refractivity contribution in [3.63, 3.8) is 0 Å². The SMILES string of the molecule is CCOC(=O)N1CC[C@](O)(c2cccs2)[C@@H](C)C1. The molecule has 1 amide bonds. The first-order chi connectivity index (χ1) is 8.58. The van der Waals surface area contributed by atoms with Crippen molar-refractivity contribution in [1.29, 1.82) is 0 Å². The highest BCUT2D eigenvalue weighted by molar-refractivity contribution is 7.10. The summed E-state index contributed by atoms with van der Waals surface area (Å²) < 4.78 is 5.00. The van der Waals surface area contributed by atoms with Gasteiger partial charge < -0.3 is 14.7 Å². The zero-order chi connectivity index (χ0) is 13.2. The van der Waals surface area contributed by atoms with Gasteiger partial charge in [-0.2, -0.15) is 0 Å². The van der Waals surface area contributed by atoms with E-state index in [2.05, 4.69) is 0 Å². The van der Waals surface area contributed by atoms with Gasteiger partial charge in [0, 0.05) is 23.9 Å². The van der Waals surface area contributed by atoms with Gasteiger partial charge in [0.1, 0.15) is 5.60 Å². The molecule has 2 heterocycles. The van der Waals surface area contributed by atoms with E-state index < -0.39 is 5.60 Å². The van der Waals surface area contributed by atoms with Crippen LogP contribution in [0, 0.1) is 5.92 Å². The van der Waals surface area contributed by atoms with Crippen LogP contribution in [0.25, 0.3) is 0 Å². The Morgan fingerprint density at radius 1 is 1.72 bits per heavy atom. The molecule has 1 N–H and O–H groups in total. The Labute approximate surface area is 111 Å². The van der Waals surface area contributed by atoms with Crippen LogP contribution in [0.15, 0.2) is 17.5 Å². The summed E-state index contributed by atoms with van der Waals surface area (Å²) in [7, 11) is 0. The molecule has 0 radical (unpaired) electrons. The van der Waals surface area contributed by atoms with E-state index in [4.69, 9.17) is 4.74 Å². The summed E-state index contributed by atoms with van der Waals surface area (Å²) >= 11 is 1.57. The molecular weight excluding hydrogens is 250 g/mol. The Bertz CT molecular complexity index is 406. The molecule has 1 aliphatic rings. The van der Waals surface area contributed by atoms with Crippen molar-refractivity contribution < 1.29 is 14.6 Å². The molecule has 1 aromatic heterocycles. The molecule has 1 aromatic rings. The van der Waals surface area contributed by atoms with E-state index in [9.17, 15) is 9.90 Å². The molecule has 0 unspecified atom stereocenters. The highest BCUT2D eigenvalue weighted by Crippen LogP contribution is 2.39. The molecule has 0 aromatic carbocycles. The minimum absolute atomic E-state index is 0.00862. The number of ether oxygens (including phenoxy) is 1. The molecule has 1 saturated heterocycles. The standard InChI is InChI=1S/C13H19NO3S/c1-3-17-12(15)14-7-6-13(16,10(2)9-14)11-5-4-8-18-11/h4-5,8,10,16H,3,6-7,9H2,1-2H3/t10-,13+/m0/s1. The molecule has 0 bridgehead atoms. The van der Waals surface area contributed by atoms with Crippen molar-refractivity contribution >= 4 is 17.4 Å². The lowest BCUT2D eigenvalue weighted by atomic mass is 9.81. The molecule has 2 rings (SSSR count). The number of aliphatic hydroxyl groups is 1. The molecule has 0 saturated carbocycles. The molecule has 1 fully saturated rings. The predicted molar refractivity (Wildman–Crippen MR) is 70.6 cm³/mol. The lowest BCUT2D eigenvalue weighted by Gasteiger charge is -2.42. The van der Waals surface area contributed by atoms with Crippen molar-refractivity contribution in [2.24, 2.45) is 5.92 Å². The second-order valence-corrected chi connectivity index (χ2v) is 5.65. The van der Waals surface area contributed by atoms with Crippen molar-refractivity contribution in [3.8, 4) is 0 Å². The van der Waals surface area contributed by atoms with Crippen LogP contribution in [0.4, 0.5) is 4.79 Å². The Morgan fingerprint density at radius 2 is 2.50 bits per heavy atom. The third kappa shape index (κ3) is 2.37. The molecule has 0 spiro atoms. The first-order valence-corrected chi connectivity index (χ1v) is 7.14. The quantitative estimate of drug-likeness (QED) is 0.897. The van der Waals surface area contributed by atoms with Gasteiger partial charge >= 0.3 is 6.09 Å². The van der Waals surface area contributed by atoms with Crippen LogP contribution in [-0.2, 0) is 10.3 Å². The number of likely N-dealkylation sites (tertiary alicyclic amines) is 1. The maximum absolute atomic E-state index is 11.7. The summed E-state index contributed by atoms with van der Waals surface area (Å²) in [5.74, 6) is 0.00862. The van der Waals surface area contributed by atoms with Crippen molar-refractivity contribution in [1.82, 2.24) is 4.90 Å². The number of hydrogen-bond acceptors (Lipinski definition) is 4. The number of hydrogen-bond donors (Lipinski definition) is 1. The lowest BCUT2D eigenvalue weighted by Crippen LogP contribution is -2.50. The zero-order valence-electron chi connectivity index (χ0n) is 10.8. The number of carbonyl (C=O) groups is 1. The molecular formula is C13H19NO3S. The Hall–Kier alpha value is -1.07. The predicted octanol–water partition coefficient (Wildman–Crippen LogP) is 2.43. The second-order valence-electron chi connectivity index (χ2n) is 4.70. The third-order valence-electron chi connectivity index (χ3n) is 3.55. The highest BCUT2D eigenvalue weighted by Gasteiger charge is 2.42. The minimum Gasteiger partial charge on any atom is -0.450 e. The first-order valence-electron chi connectivity index (χ1n) is 6.26. The van der Waals surface area contributed by atoms with Crippen molar-refractivity contribution in [2.75, 3.05) is 19.7 Å². The van der Waals surface area contributed by atoms with Crippen LogP contribution in [0.2, 0.25) is 0 Å². The van der Waals surface area contributed by atoms with E-state index >= 15 is 0 Å². The third-order valence-corrected chi connectivity index (χ3v) is 4.58. The lowest BCUT2D eigenvalue weighted by molar-refractivity contribution is -0.0647. The van der Waals surface area contributed by atoms with E-state index in [-0.39, 0.29) is 12.0 Å². The number of nitrogens with zero attached hydrogens (tertiary/aromatic N) is 1. The van der Waals surface area contributed by atoms with Crippen LogP contribution in [-0.4, -0.2) is 35.8 Å². The largest absolute Gasteiger partial charge is 0.450 e. The zero-order valence-corrected chi connectivity index (χ0v) is 11.6. The smallest absolute Gasteiger partial charge is 0.409 e. The molecule has 1 aliphatic heterocycles. The topological polar surface area (TPSA) is 49.8 Å². The minimum atomic E-state index is -0.808. The van der Waals surface area contributed by atoms with E-state index in [1.54, 1.807) is 23.2 Å². The van der Waals surface area contributed by atoms with Gasteiger partial charge in [-0.1, -0.05) is 13.0 Å². The average Bonchev–Trinajstić information content (AvgIpc) is 2.87. The van der Waals surface area contributed by atoms with E-state index in [1.807, 2.05) is 24.4 Å². The van der Waals surface area contributed by atoms with Gasteiger partial charge in [-0.25, -0.2) is 4.79 Å². The maximum Gasteiger partial charge on any atom is 0.409 e. The van der Waals surface area contributed by atoms with Crippen molar-refractivity contribution in [3.05, 3.63) is 22.4 Å². The molecule has 18 heavy (non-hydrogen) atoms. The van der Waals surface area contributed by atoms with Gasteiger partial charge in [0.2, 0.25) is 0 Å². The van der Waals surface area contributed by atoms with Gasteiger partial charge in [-0.15, -0.1) is 11.3 Å². The first kappa shape index (κ1) is 13.4. The van der Waals surface area contributed by atoms with Gasteiger partial charge in [-0.05, 0) is 24.8 Å². The summed E-state index contributed by atoms with van der Waals surface area (Å²) in [6, 6.07) is 3.91.